The zero-order valence-corrected chi connectivity index (χ0v) is 9.87. The van der Waals surface area contributed by atoms with Crippen LogP contribution in [-0.2, 0) is 13.6 Å². The Morgan fingerprint density at radius 3 is 2.71 bits per heavy atom. The molecule has 0 spiro atoms. The van der Waals surface area contributed by atoms with E-state index in [1.165, 1.54) is 0 Å². The summed E-state index contributed by atoms with van der Waals surface area (Å²) < 4.78 is 1.96. The van der Waals surface area contributed by atoms with Crippen LogP contribution >= 0.6 is 0 Å². The summed E-state index contributed by atoms with van der Waals surface area (Å²) in [4.78, 5) is 4.06. The van der Waals surface area contributed by atoms with Gasteiger partial charge >= 0.3 is 0 Å². The minimum absolute atomic E-state index is 0.0360. The van der Waals surface area contributed by atoms with Gasteiger partial charge in [-0.15, -0.1) is 0 Å². The molecule has 0 amide bonds. The Bertz CT molecular complexity index is 453. The van der Waals surface area contributed by atoms with Crippen LogP contribution in [0.25, 0.3) is 0 Å². The number of aryl methyl sites for hydroxylation is 1. The van der Waals surface area contributed by atoms with Crippen molar-refractivity contribution in [3.8, 4) is 0 Å². The first-order chi connectivity index (χ1) is 8.31. The van der Waals surface area contributed by atoms with Gasteiger partial charge in [0.2, 0.25) is 0 Å². The van der Waals surface area contributed by atoms with Gasteiger partial charge in [-0.25, -0.2) is 4.98 Å². The molecular formula is C13H17N3O. The summed E-state index contributed by atoms with van der Waals surface area (Å²) in [6.45, 7) is 0.776. The molecule has 4 nitrogen and oxygen atoms in total. The van der Waals surface area contributed by atoms with Crippen LogP contribution in [0, 0.1) is 0 Å². The molecule has 1 atom stereocenters. The standard InChI is InChI=1S/C13H17N3O/c1-16-10-14-7-12(16)8-15-13(9-17)11-5-3-2-4-6-11/h2-7,10,13,15,17H,8-9H2,1H3. The maximum Gasteiger partial charge on any atom is 0.0945 e. The Morgan fingerprint density at radius 2 is 2.12 bits per heavy atom. The molecule has 0 bridgehead atoms. The lowest BCUT2D eigenvalue weighted by atomic mass is 10.1. The lowest BCUT2D eigenvalue weighted by molar-refractivity contribution is 0.243. The van der Waals surface area contributed by atoms with Crippen LogP contribution in [0.3, 0.4) is 0 Å². The molecule has 0 aliphatic carbocycles. The number of benzene rings is 1. The maximum atomic E-state index is 9.39. The van der Waals surface area contributed by atoms with Gasteiger partial charge in [0.15, 0.2) is 0 Å². The first kappa shape index (κ1) is 11.8. The van der Waals surface area contributed by atoms with Crippen molar-refractivity contribution in [2.24, 2.45) is 7.05 Å². The van der Waals surface area contributed by atoms with Crippen LogP contribution in [0.2, 0.25) is 0 Å². The molecule has 0 fully saturated rings. The molecule has 0 saturated heterocycles. The fourth-order valence-corrected chi connectivity index (χ4v) is 1.76. The van der Waals surface area contributed by atoms with Crippen molar-refractivity contribution in [3.63, 3.8) is 0 Å². The Labute approximate surface area is 101 Å². The Morgan fingerprint density at radius 1 is 1.35 bits per heavy atom. The van der Waals surface area contributed by atoms with E-state index in [-0.39, 0.29) is 12.6 Å². The molecule has 1 aromatic carbocycles. The molecule has 0 radical (unpaired) electrons. The van der Waals surface area contributed by atoms with E-state index < -0.39 is 0 Å². The summed E-state index contributed by atoms with van der Waals surface area (Å²) in [5, 5.41) is 12.7. The monoisotopic (exact) mass is 231 g/mol. The molecule has 1 aromatic heterocycles. The molecule has 17 heavy (non-hydrogen) atoms. The molecule has 0 aliphatic rings. The van der Waals surface area contributed by atoms with Crippen LogP contribution in [0.4, 0.5) is 0 Å². The van der Waals surface area contributed by atoms with E-state index in [1.807, 2.05) is 48.1 Å². The van der Waals surface area contributed by atoms with Crippen LogP contribution in [-0.4, -0.2) is 21.3 Å². The van der Waals surface area contributed by atoms with Gasteiger partial charge in [0.25, 0.3) is 0 Å². The number of rotatable bonds is 5. The van der Waals surface area contributed by atoms with Crippen molar-refractivity contribution in [3.05, 3.63) is 54.1 Å². The highest BCUT2D eigenvalue weighted by Gasteiger charge is 2.09. The predicted octanol–water partition coefficient (Wildman–Crippen LogP) is 1.24. The third kappa shape index (κ3) is 2.93. The number of aliphatic hydroxyl groups excluding tert-OH is 1. The van der Waals surface area contributed by atoms with E-state index >= 15 is 0 Å². The SMILES string of the molecule is Cn1cncc1CNC(CO)c1ccccc1. The molecule has 0 saturated carbocycles. The van der Waals surface area contributed by atoms with E-state index in [9.17, 15) is 5.11 Å². The number of aromatic nitrogens is 2. The summed E-state index contributed by atoms with van der Waals surface area (Å²) in [5.74, 6) is 0. The third-order valence-electron chi connectivity index (χ3n) is 2.83. The first-order valence-electron chi connectivity index (χ1n) is 5.65. The van der Waals surface area contributed by atoms with Crippen molar-refractivity contribution >= 4 is 0 Å². The van der Waals surface area contributed by atoms with Crippen LogP contribution in [0.15, 0.2) is 42.9 Å². The quantitative estimate of drug-likeness (QED) is 0.814. The lowest BCUT2D eigenvalue weighted by Crippen LogP contribution is -2.24. The minimum Gasteiger partial charge on any atom is -0.394 e. The lowest BCUT2D eigenvalue weighted by Gasteiger charge is -2.16. The van der Waals surface area contributed by atoms with Crippen LogP contribution < -0.4 is 5.32 Å². The number of aliphatic hydroxyl groups is 1. The van der Waals surface area contributed by atoms with E-state index in [2.05, 4.69) is 10.3 Å². The highest BCUT2D eigenvalue weighted by molar-refractivity contribution is 5.19. The minimum atomic E-state index is -0.0360. The van der Waals surface area contributed by atoms with Gasteiger partial charge in [0.1, 0.15) is 0 Å². The van der Waals surface area contributed by atoms with Gasteiger partial charge in [-0.05, 0) is 5.56 Å². The fourth-order valence-electron chi connectivity index (χ4n) is 1.76. The number of hydrogen-bond acceptors (Lipinski definition) is 3. The van der Waals surface area contributed by atoms with E-state index in [4.69, 9.17) is 0 Å². The normalized spacial score (nSPS) is 12.6. The zero-order chi connectivity index (χ0) is 12.1. The third-order valence-corrected chi connectivity index (χ3v) is 2.83. The second-order valence-corrected chi connectivity index (χ2v) is 4.02. The molecule has 0 aliphatic heterocycles. The highest BCUT2D eigenvalue weighted by Crippen LogP contribution is 2.12. The summed E-state index contributed by atoms with van der Waals surface area (Å²) in [6.07, 6.45) is 3.60. The van der Waals surface area contributed by atoms with Crippen LogP contribution in [0.1, 0.15) is 17.3 Å². The van der Waals surface area contributed by atoms with Gasteiger partial charge in [0, 0.05) is 19.8 Å². The Balaban J connectivity index is 1.99. The summed E-state index contributed by atoms with van der Waals surface area (Å²) in [7, 11) is 1.96. The molecule has 1 heterocycles. The molecule has 90 valence electrons. The molecule has 2 N–H and O–H groups in total. The van der Waals surface area contributed by atoms with Crippen molar-refractivity contribution in [1.82, 2.24) is 14.9 Å². The average molecular weight is 231 g/mol. The molecule has 2 rings (SSSR count). The van der Waals surface area contributed by atoms with E-state index in [1.54, 1.807) is 6.33 Å². The first-order valence-corrected chi connectivity index (χ1v) is 5.65. The predicted molar refractivity (Wildman–Crippen MR) is 66.3 cm³/mol. The highest BCUT2D eigenvalue weighted by atomic mass is 16.3. The maximum absolute atomic E-state index is 9.39. The molecular weight excluding hydrogens is 214 g/mol. The van der Waals surface area contributed by atoms with E-state index in [0.717, 1.165) is 11.3 Å². The van der Waals surface area contributed by atoms with E-state index in [0.29, 0.717) is 6.54 Å². The Kier molecular flexibility index (Phi) is 3.90. The average Bonchev–Trinajstić information content (AvgIpc) is 2.77. The number of hydrogen-bond donors (Lipinski definition) is 2. The van der Waals surface area contributed by atoms with Gasteiger partial charge in [-0.1, -0.05) is 30.3 Å². The summed E-state index contributed by atoms with van der Waals surface area (Å²) >= 11 is 0. The van der Waals surface area contributed by atoms with Gasteiger partial charge in [-0.3, -0.25) is 0 Å². The Hall–Kier alpha value is -1.65. The van der Waals surface area contributed by atoms with Crippen molar-refractivity contribution in [1.29, 1.82) is 0 Å². The smallest absolute Gasteiger partial charge is 0.0945 e. The zero-order valence-electron chi connectivity index (χ0n) is 9.87. The van der Waals surface area contributed by atoms with Crippen molar-refractivity contribution in [2.45, 2.75) is 12.6 Å². The summed E-state index contributed by atoms with van der Waals surface area (Å²) in [5.41, 5.74) is 2.19. The topological polar surface area (TPSA) is 50.1 Å². The number of nitrogens with zero attached hydrogens (tertiary/aromatic N) is 2. The molecule has 4 heteroatoms. The van der Waals surface area contributed by atoms with Gasteiger partial charge < -0.3 is 15.0 Å². The molecule has 1 unspecified atom stereocenters. The largest absolute Gasteiger partial charge is 0.394 e. The summed E-state index contributed by atoms with van der Waals surface area (Å²) in [6, 6.07) is 9.91. The van der Waals surface area contributed by atoms with Crippen molar-refractivity contribution in [2.75, 3.05) is 6.61 Å². The number of nitrogens with one attached hydrogen (secondary N) is 1. The second kappa shape index (κ2) is 5.61. The second-order valence-electron chi connectivity index (χ2n) is 4.02. The fraction of sp³-hybridized carbons (Fsp3) is 0.308. The molecule has 2 aromatic rings. The van der Waals surface area contributed by atoms with Crippen molar-refractivity contribution < 1.29 is 5.11 Å². The van der Waals surface area contributed by atoms with Gasteiger partial charge in [-0.2, -0.15) is 0 Å². The number of imidazole rings is 1. The van der Waals surface area contributed by atoms with Crippen LogP contribution in [0.5, 0.6) is 0 Å². The van der Waals surface area contributed by atoms with Gasteiger partial charge in [0.05, 0.1) is 24.7 Å².